The van der Waals surface area contributed by atoms with Crippen molar-refractivity contribution >= 4 is 15.9 Å². The molecule has 2 atom stereocenters. The zero-order chi connectivity index (χ0) is 10.3. The highest BCUT2D eigenvalue weighted by atomic mass is 79.9. The molecule has 0 aliphatic heterocycles. The van der Waals surface area contributed by atoms with E-state index >= 15 is 0 Å². The van der Waals surface area contributed by atoms with Crippen molar-refractivity contribution in [1.29, 1.82) is 0 Å². The fraction of sp³-hybridized carbons (Fsp3) is 1.00. The lowest BCUT2D eigenvalue weighted by atomic mass is 9.97. The lowest BCUT2D eigenvalue weighted by Gasteiger charge is -2.15. The fourth-order valence-electron chi connectivity index (χ4n) is 1.63. The van der Waals surface area contributed by atoms with Crippen LogP contribution in [0, 0.1) is 11.8 Å². The van der Waals surface area contributed by atoms with Gasteiger partial charge in [-0.2, -0.15) is 0 Å². The standard InChI is InChI=1S/C12H25Br/c1-5-7-11(4)8-6-9-12(13)10(2)3/h10-12H,5-9H2,1-4H3. The molecule has 13 heavy (non-hydrogen) atoms. The van der Waals surface area contributed by atoms with E-state index < -0.39 is 0 Å². The smallest absolute Gasteiger partial charge is 0.0168 e. The summed E-state index contributed by atoms with van der Waals surface area (Å²) in [7, 11) is 0. The van der Waals surface area contributed by atoms with E-state index in [2.05, 4.69) is 43.6 Å². The Morgan fingerprint density at radius 1 is 1.00 bits per heavy atom. The molecule has 0 aromatic carbocycles. The molecule has 0 spiro atoms. The zero-order valence-corrected chi connectivity index (χ0v) is 11.2. The van der Waals surface area contributed by atoms with E-state index in [-0.39, 0.29) is 0 Å². The van der Waals surface area contributed by atoms with E-state index in [1.54, 1.807) is 0 Å². The maximum Gasteiger partial charge on any atom is 0.0168 e. The first-order chi connectivity index (χ1) is 6.07. The molecule has 0 heterocycles. The highest BCUT2D eigenvalue weighted by Crippen LogP contribution is 2.21. The summed E-state index contributed by atoms with van der Waals surface area (Å²) in [6.07, 6.45) is 6.86. The molecule has 0 fully saturated rings. The SMILES string of the molecule is CCCC(C)CCCC(Br)C(C)C. The summed E-state index contributed by atoms with van der Waals surface area (Å²) in [5, 5.41) is 0. The first kappa shape index (κ1) is 13.5. The minimum Gasteiger partial charge on any atom is -0.0888 e. The quantitative estimate of drug-likeness (QED) is 0.556. The molecule has 0 amide bonds. The summed E-state index contributed by atoms with van der Waals surface area (Å²) < 4.78 is 0. The van der Waals surface area contributed by atoms with Crippen LogP contribution in [0.15, 0.2) is 0 Å². The molecule has 2 unspecified atom stereocenters. The summed E-state index contributed by atoms with van der Waals surface area (Å²) in [5.74, 6) is 1.71. The van der Waals surface area contributed by atoms with Gasteiger partial charge in [0.05, 0.1) is 0 Å². The number of hydrogen-bond donors (Lipinski definition) is 0. The van der Waals surface area contributed by atoms with Gasteiger partial charge in [-0.15, -0.1) is 0 Å². The Morgan fingerprint density at radius 3 is 2.08 bits per heavy atom. The third-order valence-corrected chi connectivity index (χ3v) is 4.20. The topological polar surface area (TPSA) is 0 Å². The minimum atomic E-state index is 0.723. The Kier molecular flexibility index (Phi) is 8.13. The average Bonchev–Trinajstić information content (AvgIpc) is 2.04. The van der Waals surface area contributed by atoms with Crippen molar-refractivity contribution < 1.29 is 0 Å². The summed E-state index contributed by atoms with van der Waals surface area (Å²) in [6, 6.07) is 0. The van der Waals surface area contributed by atoms with Gasteiger partial charge in [0.1, 0.15) is 0 Å². The maximum atomic E-state index is 3.73. The van der Waals surface area contributed by atoms with Crippen LogP contribution >= 0.6 is 15.9 Å². The van der Waals surface area contributed by atoms with Gasteiger partial charge in [-0.1, -0.05) is 69.3 Å². The van der Waals surface area contributed by atoms with Gasteiger partial charge in [-0.25, -0.2) is 0 Å². The predicted octanol–water partition coefficient (Wildman–Crippen LogP) is 5.01. The molecule has 0 nitrogen and oxygen atoms in total. The van der Waals surface area contributed by atoms with Crippen molar-refractivity contribution in [2.45, 2.75) is 64.6 Å². The Hall–Kier alpha value is 0.480. The molecule has 0 aliphatic carbocycles. The largest absolute Gasteiger partial charge is 0.0888 e. The molecule has 0 radical (unpaired) electrons. The van der Waals surface area contributed by atoms with Gasteiger partial charge in [-0.05, 0) is 18.3 Å². The Labute approximate surface area is 92.6 Å². The fourth-order valence-corrected chi connectivity index (χ4v) is 1.96. The van der Waals surface area contributed by atoms with Crippen molar-refractivity contribution in [2.24, 2.45) is 11.8 Å². The van der Waals surface area contributed by atoms with Crippen LogP contribution in [0.5, 0.6) is 0 Å². The molecule has 80 valence electrons. The Morgan fingerprint density at radius 2 is 1.62 bits per heavy atom. The summed E-state index contributed by atoms with van der Waals surface area (Å²) in [4.78, 5) is 0.723. The van der Waals surface area contributed by atoms with Crippen molar-refractivity contribution in [3.8, 4) is 0 Å². The number of hydrogen-bond acceptors (Lipinski definition) is 0. The Balaban J connectivity index is 3.33. The van der Waals surface area contributed by atoms with E-state index in [0.717, 1.165) is 16.7 Å². The van der Waals surface area contributed by atoms with Crippen LogP contribution in [0.25, 0.3) is 0 Å². The molecule has 0 aliphatic rings. The number of halogens is 1. The number of rotatable bonds is 7. The van der Waals surface area contributed by atoms with Crippen LogP contribution < -0.4 is 0 Å². The zero-order valence-electron chi connectivity index (χ0n) is 9.65. The first-order valence-corrected chi connectivity index (χ1v) is 6.63. The molecule has 0 bridgehead atoms. The normalized spacial score (nSPS) is 16.2. The van der Waals surface area contributed by atoms with E-state index in [0.29, 0.717) is 0 Å². The van der Waals surface area contributed by atoms with Crippen LogP contribution in [0.4, 0.5) is 0 Å². The highest BCUT2D eigenvalue weighted by molar-refractivity contribution is 9.09. The first-order valence-electron chi connectivity index (χ1n) is 5.72. The van der Waals surface area contributed by atoms with E-state index in [1.807, 2.05) is 0 Å². The van der Waals surface area contributed by atoms with Crippen LogP contribution in [-0.2, 0) is 0 Å². The molecule has 0 saturated heterocycles. The third-order valence-electron chi connectivity index (χ3n) is 2.68. The summed E-state index contributed by atoms with van der Waals surface area (Å²) in [6.45, 7) is 9.23. The van der Waals surface area contributed by atoms with Gasteiger partial charge in [-0.3, -0.25) is 0 Å². The third kappa shape index (κ3) is 7.54. The van der Waals surface area contributed by atoms with Crippen LogP contribution in [0.2, 0.25) is 0 Å². The maximum absolute atomic E-state index is 3.73. The molecular formula is C12H25Br. The molecule has 1 heteroatoms. The van der Waals surface area contributed by atoms with Crippen molar-refractivity contribution in [1.82, 2.24) is 0 Å². The molecule has 0 aromatic heterocycles. The van der Waals surface area contributed by atoms with Gasteiger partial charge in [0.25, 0.3) is 0 Å². The second-order valence-electron chi connectivity index (χ2n) is 4.58. The van der Waals surface area contributed by atoms with Gasteiger partial charge in [0, 0.05) is 4.83 Å². The van der Waals surface area contributed by atoms with Gasteiger partial charge in [0.15, 0.2) is 0 Å². The van der Waals surface area contributed by atoms with Gasteiger partial charge in [0.2, 0.25) is 0 Å². The van der Waals surface area contributed by atoms with Crippen molar-refractivity contribution in [3.05, 3.63) is 0 Å². The Bertz CT molecular complexity index is 110. The van der Waals surface area contributed by atoms with E-state index in [4.69, 9.17) is 0 Å². The predicted molar refractivity (Wildman–Crippen MR) is 65.5 cm³/mol. The summed E-state index contributed by atoms with van der Waals surface area (Å²) >= 11 is 3.73. The lowest BCUT2D eigenvalue weighted by molar-refractivity contribution is 0.445. The van der Waals surface area contributed by atoms with Crippen molar-refractivity contribution in [3.63, 3.8) is 0 Å². The second-order valence-corrected chi connectivity index (χ2v) is 5.76. The van der Waals surface area contributed by atoms with Crippen molar-refractivity contribution in [2.75, 3.05) is 0 Å². The van der Waals surface area contributed by atoms with E-state index in [1.165, 1.54) is 32.1 Å². The molecular weight excluding hydrogens is 224 g/mol. The molecule has 0 rings (SSSR count). The monoisotopic (exact) mass is 248 g/mol. The minimum absolute atomic E-state index is 0.723. The highest BCUT2D eigenvalue weighted by Gasteiger charge is 2.09. The molecule has 0 aromatic rings. The summed E-state index contributed by atoms with van der Waals surface area (Å²) in [5.41, 5.74) is 0. The lowest BCUT2D eigenvalue weighted by Crippen LogP contribution is -2.07. The second kappa shape index (κ2) is 7.84. The number of alkyl halides is 1. The van der Waals surface area contributed by atoms with Gasteiger partial charge < -0.3 is 0 Å². The van der Waals surface area contributed by atoms with Crippen LogP contribution in [-0.4, -0.2) is 4.83 Å². The molecule has 0 saturated carbocycles. The molecule has 0 N–H and O–H groups in total. The average molecular weight is 249 g/mol. The van der Waals surface area contributed by atoms with Crippen LogP contribution in [0.1, 0.15) is 59.8 Å². The van der Waals surface area contributed by atoms with E-state index in [9.17, 15) is 0 Å². The van der Waals surface area contributed by atoms with Crippen LogP contribution in [0.3, 0.4) is 0 Å². The van der Waals surface area contributed by atoms with Gasteiger partial charge >= 0.3 is 0 Å².